The molecule has 1 heterocycles. The minimum Gasteiger partial charge on any atom is -0.385 e. The van der Waals surface area contributed by atoms with Gasteiger partial charge in [-0.2, -0.15) is 25.8 Å². The van der Waals surface area contributed by atoms with E-state index in [1.54, 1.807) is 18.2 Å². The molecule has 0 aliphatic carbocycles. The fourth-order valence-corrected chi connectivity index (χ4v) is 3.44. The molecule has 10 heteroatoms. The number of rotatable bonds is 5. The molecule has 1 fully saturated rings. The highest BCUT2D eigenvalue weighted by molar-refractivity contribution is 7.80. The van der Waals surface area contributed by atoms with Gasteiger partial charge in [0, 0.05) is 11.0 Å². The quantitative estimate of drug-likeness (QED) is 0.395. The number of alkyl halides is 3. The van der Waals surface area contributed by atoms with Crippen LogP contribution in [0.15, 0.2) is 30.3 Å². The SMILES string of the molecule is O=C(N[C@H](C(=O)OC(=O)C(F)(F)F)C1(CS)CCNCC1)c1ccccc1. The zero-order valence-electron chi connectivity index (χ0n) is 14.2. The summed E-state index contributed by atoms with van der Waals surface area (Å²) in [5, 5.41) is 5.51. The monoisotopic (exact) mass is 404 g/mol. The van der Waals surface area contributed by atoms with E-state index in [4.69, 9.17) is 0 Å². The van der Waals surface area contributed by atoms with Gasteiger partial charge in [-0.15, -0.1) is 0 Å². The molecule has 6 nitrogen and oxygen atoms in total. The molecule has 2 N–H and O–H groups in total. The lowest BCUT2D eigenvalue weighted by Crippen LogP contribution is -2.58. The number of ether oxygens (including phenoxy) is 1. The highest BCUT2D eigenvalue weighted by Gasteiger charge is 2.49. The van der Waals surface area contributed by atoms with Crippen molar-refractivity contribution in [3.05, 3.63) is 35.9 Å². The Balaban J connectivity index is 2.28. The van der Waals surface area contributed by atoms with Gasteiger partial charge in [-0.3, -0.25) is 4.79 Å². The molecule has 0 unspecified atom stereocenters. The van der Waals surface area contributed by atoms with Gasteiger partial charge in [-0.1, -0.05) is 18.2 Å². The number of carbonyl (C=O) groups is 3. The predicted octanol–water partition coefficient (Wildman–Crippen LogP) is 1.72. The van der Waals surface area contributed by atoms with Crippen LogP contribution in [0.2, 0.25) is 0 Å². The van der Waals surface area contributed by atoms with Crippen LogP contribution in [0, 0.1) is 5.41 Å². The molecule has 1 aromatic rings. The van der Waals surface area contributed by atoms with Crippen molar-refractivity contribution in [3.63, 3.8) is 0 Å². The molecule has 1 atom stereocenters. The molecule has 0 spiro atoms. The summed E-state index contributed by atoms with van der Waals surface area (Å²) in [6, 6.07) is 6.44. The van der Waals surface area contributed by atoms with Gasteiger partial charge >= 0.3 is 18.1 Å². The largest absolute Gasteiger partial charge is 0.491 e. The summed E-state index contributed by atoms with van der Waals surface area (Å²) in [6.07, 6.45) is -4.58. The summed E-state index contributed by atoms with van der Waals surface area (Å²) in [5.74, 6) is -4.60. The lowest BCUT2D eigenvalue weighted by atomic mass is 9.74. The molecule has 0 radical (unpaired) electrons. The number of halogens is 3. The maximum atomic E-state index is 12.5. The normalized spacial score (nSPS) is 17.6. The van der Waals surface area contributed by atoms with Crippen LogP contribution in [0.4, 0.5) is 13.2 Å². The van der Waals surface area contributed by atoms with E-state index in [0.29, 0.717) is 25.9 Å². The molecule has 0 aromatic heterocycles. The van der Waals surface area contributed by atoms with Crippen molar-refractivity contribution in [3.8, 4) is 0 Å². The Labute approximate surface area is 159 Å². The molecular formula is C17H19F3N2O4S. The summed E-state index contributed by atoms with van der Waals surface area (Å²) < 4.78 is 41.5. The van der Waals surface area contributed by atoms with Gasteiger partial charge in [-0.25, -0.2) is 9.59 Å². The van der Waals surface area contributed by atoms with Crippen molar-refractivity contribution in [1.29, 1.82) is 0 Å². The van der Waals surface area contributed by atoms with E-state index in [9.17, 15) is 27.6 Å². The van der Waals surface area contributed by atoms with Crippen molar-refractivity contribution in [2.24, 2.45) is 5.41 Å². The minimum atomic E-state index is -5.31. The average Bonchev–Trinajstić information content (AvgIpc) is 2.66. The summed E-state index contributed by atoms with van der Waals surface area (Å²) in [7, 11) is 0. The van der Waals surface area contributed by atoms with Crippen molar-refractivity contribution >= 4 is 30.5 Å². The third-order valence-corrected chi connectivity index (χ3v) is 5.13. The second-order valence-corrected chi connectivity index (χ2v) is 6.57. The number of nitrogens with one attached hydrogen (secondary N) is 2. The van der Waals surface area contributed by atoms with Crippen LogP contribution >= 0.6 is 12.6 Å². The van der Waals surface area contributed by atoms with E-state index >= 15 is 0 Å². The topological polar surface area (TPSA) is 84.5 Å². The zero-order valence-corrected chi connectivity index (χ0v) is 15.1. The molecule has 2 rings (SSSR count). The number of amides is 1. The van der Waals surface area contributed by atoms with Crippen LogP contribution in [0.25, 0.3) is 0 Å². The smallest absolute Gasteiger partial charge is 0.385 e. The first kappa shape index (κ1) is 21.2. The van der Waals surface area contributed by atoms with E-state index < -0.39 is 35.5 Å². The predicted molar refractivity (Wildman–Crippen MR) is 93.2 cm³/mol. The molecule has 0 saturated carbocycles. The first-order valence-corrected chi connectivity index (χ1v) is 8.83. The summed E-state index contributed by atoms with van der Waals surface area (Å²) in [6.45, 7) is 0.970. The highest BCUT2D eigenvalue weighted by Crippen LogP contribution is 2.35. The third-order valence-electron chi connectivity index (χ3n) is 4.50. The van der Waals surface area contributed by atoms with Crippen molar-refractivity contribution in [2.75, 3.05) is 18.8 Å². The fourth-order valence-electron chi connectivity index (χ4n) is 2.94. The lowest BCUT2D eigenvalue weighted by molar-refractivity contribution is -0.203. The summed E-state index contributed by atoms with van der Waals surface area (Å²) in [4.78, 5) is 36.0. The van der Waals surface area contributed by atoms with Gasteiger partial charge in [0.25, 0.3) is 5.91 Å². The molecule has 1 aliphatic heterocycles. The molecule has 1 aromatic carbocycles. The van der Waals surface area contributed by atoms with Crippen molar-refractivity contribution < 1.29 is 32.3 Å². The maximum Gasteiger partial charge on any atom is 0.491 e. The van der Waals surface area contributed by atoms with E-state index in [2.05, 4.69) is 28.0 Å². The molecular weight excluding hydrogens is 385 g/mol. The van der Waals surface area contributed by atoms with Gasteiger partial charge in [0.1, 0.15) is 6.04 Å². The van der Waals surface area contributed by atoms with Gasteiger partial charge < -0.3 is 15.4 Å². The summed E-state index contributed by atoms with van der Waals surface area (Å²) >= 11 is 4.25. The Bertz CT molecular complexity index is 691. The van der Waals surface area contributed by atoms with E-state index in [1.165, 1.54) is 12.1 Å². The van der Waals surface area contributed by atoms with Crippen LogP contribution in [0.1, 0.15) is 23.2 Å². The number of thiol groups is 1. The molecule has 27 heavy (non-hydrogen) atoms. The molecule has 148 valence electrons. The Morgan fingerprint density at radius 1 is 1.19 bits per heavy atom. The first-order valence-electron chi connectivity index (χ1n) is 8.20. The van der Waals surface area contributed by atoms with Gasteiger partial charge in [0.2, 0.25) is 0 Å². The third kappa shape index (κ3) is 5.23. The van der Waals surface area contributed by atoms with E-state index in [1.807, 2.05) is 0 Å². The van der Waals surface area contributed by atoms with E-state index in [0.717, 1.165) is 0 Å². The van der Waals surface area contributed by atoms with Gasteiger partial charge in [-0.05, 0) is 43.8 Å². The van der Waals surface area contributed by atoms with Crippen molar-refractivity contribution in [1.82, 2.24) is 10.6 Å². The number of piperidine rings is 1. The number of esters is 2. The van der Waals surface area contributed by atoms with Gasteiger partial charge in [0.05, 0.1) is 0 Å². The Morgan fingerprint density at radius 2 is 1.78 bits per heavy atom. The molecule has 1 amide bonds. The Hall–Kier alpha value is -2.07. The van der Waals surface area contributed by atoms with Gasteiger partial charge in [0.15, 0.2) is 0 Å². The second-order valence-electron chi connectivity index (χ2n) is 6.25. The average molecular weight is 404 g/mol. The maximum absolute atomic E-state index is 12.5. The summed E-state index contributed by atoms with van der Waals surface area (Å²) in [5.41, 5.74) is -0.720. The van der Waals surface area contributed by atoms with Crippen LogP contribution < -0.4 is 10.6 Å². The van der Waals surface area contributed by atoms with Crippen LogP contribution in [-0.2, 0) is 14.3 Å². The lowest BCUT2D eigenvalue weighted by Gasteiger charge is -2.41. The number of benzene rings is 1. The minimum absolute atomic E-state index is 0.115. The fraction of sp³-hybridized carbons (Fsp3) is 0.471. The molecule has 0 bridgehead atoms. The Kier molecular flexibility index (Phi) is 6.88. The van der Waals surface area contributed by atoms with Crippen molar-refractivity contribution in [2.45, 2.75) is 25.1 Å². The number of hydrogen-bond acceptors (Lipinski definition) is 6. The molecule has 1 saturated heterocycles. The second kappa shape index (κ2) is 8.75. The Morgan fingerprint density at radius 3 is 2.30 bits per heavy atom. The first-order chi connectivity index (χ1) is 12.7. The standard InChI is InChI=1S/C17H19F3N2O4S/c18-17(19,20)15(25)26-14(24)12(16(10-27)6-8-21-9-7-16)22-13(23)11-4-2-1-3-5-11/h1-5,12,21,27H,6-10H2,(H,22,23)/t12-/m1/s1. The van der Waals surface area contributed by atoms with Crippen LogP contribution in [0.3, 0.4) is 0 Å². The highest BCUT2D eigenvalue weighted by atomic mass is 32.1. The zero-order chi connectivity index (χ0) is 20.1. The van der Waals surface area contributed by atoms with Crippen LogP contribution in [-0.4, -0.2) is 48.9 Å². The number of hydrogen-bond donors (Lipinski definition) is 3. The van der Waals surface area contributed by atoms with E-state index in [-0.39, 0.29) is 11.3 Å². The number of carbonyl (C=O) groups excluding carboxylic acids is 3. The molecule has 1 aliphatic rings. The van der Waals surface area contributed by atoms with Crippen LogP contribution in [0.5, 0.6) is 0 Å².